The van der Waals surface area contributed by atoms with Gasteiger partial charge in [-0.3, -0.25) is 14.5 Å². The molecule has 6 rings (SSSR count). The molecule has 3 aliphatic heterocycles. The molecule has 10 heteroatoms. The average molecular weight is 556 g/mol. The van der Waals surface area contributed by atoms with E-state index in [1.54, 1.807) is 16.0 Å². The molecule has 9 nitrogen and oxygen atoms in total. The summed E-state index contributed by atoms with van der Waals surface area (Å²) in [5.41, 5.74) is 3.23. The molecule has 0 aliphatic carbocycles. The maximum Gasteiger partial charge on any atom is 0.327 e. The number of pyridine rings is 1. The smallest absolute Gasteiger partial charge is 0.327 e. The van der Waals surface area contributed by atoms with Gasteiger partial charge in [0, 0.05) is 24.8 Å². The molecule has 1 aromatic heterocycles. The number of thioether (sulfide) groups is 1. The highest BCUT2D eigenvalue weighted by atomic mass is 32.2. The number of ether oxygens (including phenoxy) is 1. The summed E-state index contributed by atoms with van der Waals surface area (Å²) in [6, 6.07) is 16.3. The molecule has 204 valence electrons. The first-order valence-electron chi connectivity index (χ1n) is 13.2. The van der Waals surface area contributed by atoms with Crippen LogP contribution in [-0.2, 0) is 9.59 Å². The monoisotopic (exact) mass is 555 g/mol. The summed E-state index contributed by atoms with van der Waals surface area (Å²) in [5.74, 6) is 0.804. The molecule has 3 unspecified atom stereocenters. The number of hydrogen-bond donors (Lipinski definition) is 2. The Morgan fingerprint density at radius 2 is 1.98 bits per heavy atom. The van der Waals surface area contributed by atoms with Crippen molar-refractivity contribution in [3.8, 4) is 11.5 Å². The number of anilines is 2. The van der Waals surface area contributed by atoms with E-state index in [1.807, 2.05) is 61.5 Å². The first-order valence-corrected chi connectivity index (χ1v) is 14.1. The Kier molecular flexibility index (Phi) is 6.93. The summed E-state index contributed by atoms with van der Waals surface area (Å²) in [6.45, 7) is 6.48. The number of aryl methyl sites for hydroxylation is 1. The van der Waals surface area contributed by atoms with E-state index in [2.05, 4.69) is 22.2 Å². The van der Waals surface area contributed by atoms with E-state index < -0.39 is 11.4 Å². The maximum atomic E-state index is 13.5. The van der Waals surface area contributed by atoms with Crippen molar-refractivity contribution >= 4 is 41.0 Å². The third kappa shape index (κ3) is 4.79. The van der Waals surface area contributed by atoms with Crippen LogP contribution in [0.25, 0.3) is 0 Å². The van der Waals surface area contributed by atoms with Crippen LogP contribution in [0, 0.1) is 12.8 Å². The standard InChI is InChI=1S/C30H29N5O4S/c1-3-24(36)34-15-7-8-19(17-34)27(37)33-29-26-25-23(13-14-31-28(25)40-29)35(30(38)32-26)22-12-11-21(16-18(22)2)39-20-9-5-4-6-10-20/h3-6,9-14,16,19,26,29H,1,7-8,15,17H2,2H3,(H,32,38)(H,33,37). The summed E-state index contributed by atoms with van der Waals surface area (Å²) >= 11 is 1.43. The quantitative estimate of drug-likeness (QED) is 0.412. The van der Waals surface area contributed by atoms with Gasteiger partial charge in [0.25, 0.3) is 0 Å². The second kappa shape index (κ2) is 10.7. The largest absolute Gasteiger partial charge is 0.457 e. The molecule has 3 aromatic rings. The fourth-order valence-electron chi connectivity index (χ4n) is 5.52. The number of para-hydroxylation sites is 1. The van der Waals surface area contributed by atoms with Crippen LogP contribution in [0.3, 0.4) is 0 Å². The molecule has 2 aromatic carbocycles. The van der Waals surface area contributed by atoms with E-state index in [0.717, 1.165) is 39.7 Å². The lowest BCUT2D eigenvalue weighted by Crippen LogP contribution is -2.52. The lowest BCUT2D eigenvalue weighted by molar-refractivity contribution is -0.132. The normalized spacial score (nSPS) is 21.3. The first kappa shape index (κ1) is 25.9. The average Bonchev–Trinajstić information content (AvgIpc) is 3.31. The second-order valence-electron chi connectivity index (χ2n) is 10.0. The molecule has 3 atom stereocenters. The molecule has 1 fully saturated rings. The van der Waals surface area contributed by atoms with E-state index in [9.17, 15) is 14.4 Å². The number of nitrogens with one attached hydrogen (secondary N) is 2. The van der Waals surface area contributed by atoms with E-state index >= 15 is 0 Å². The Labute approximate surface area is 236 Å². The molecule has 1 saturated heterocycles. The number of rotatable bonds is 6. The van der Waals surface area contributed by atoms with Crippen LogP contribution in [0.1, 0.15) is 30.0 Å². The van der Waals surface area contributed by atoms with Crippen LogP contribution >= 0.6 is 11.8 Å². The van der Waals surface area contributed by atoms with Gasteiger partial charge in [0.2, 0.25) is 11.8 Å². The van der Waals surface area contributed by atoms with Gasteiger partial charge in [-0.1, -0.05) is 36.5 Å². The molecular weight excluding hydrogens is 526 g/mol. The Balaban J connectivity index is 1.22. The van der Waals surface area contributed by atoms with Gasteiger partial charge in [0.1, 0.15) is 21.9 Å². The zero-order chi connectivity index (χ0) is 27.8. The minimum atomic E-state index is -0.424. The van der Waals surface area contributed by atoms with Crippen LogP contribution in [0.2, 0.25) is 0 Å². The fourth-order valence-corrected chi connectivity index (χ4v) is 6.75. The van der Waals surface area contributed by atoms with Crippen molar-refractivity contribution in [2.24, 2.45) is 5.92 Å². The summed E-state index contributed by atoms with van der Waals surface area (Å²) in [4.78, 5) is 46.8. The topological polar surface area (TPSA) is 104 Å². The Bertz CT molecular complexity index is 1500. The van der Waals surface area contributed by atoms with E-state index in [4.69, 9.17) is 4.74 Å². The number of amides is 4. The number of urea groups is 1. The lowest BCUT2D eigenvalue weighted by Gasteiger charge is -2.36. The molecule has 2 N–H and O–H groups in total. The van der Waals surface area contributed by atoms with Gasteiger partial charge < -0.3 is 20.3 Å². The number of aromatic nitrogens is 1. The molecular formula is C30H29N5O4S. The van der Waals surface area contributed by atoms with Crippen LogP contribution in [0.4, 0.5) is 16.2 Å². The maximum absolute atomic E-state index is 13.5. The van der Waals surface area contributed by atoms with Gasteiger partial charge in [-0.25, -0.2) is 9.78 Å². The number of carbonyl (C=O) groups is 3. The highest BCUT2D eigenvalue weighted by molar-refractivity contribution is 8.00. The molecule has 3 aliphatic rings. The van der Waals surface area contributed by atoms with Gasteiger partial charge in [0.15, 0.2) is 0 Å². The number of likely N-dealkylation sites (tertiary alicyclic amines) is 1. The number of carbonyl (C=O) groups excluding carboxylic acids is 3. The third-order valence-corrected chi connectivity index (χ3v) is 8.65. The van der Waals surface area contributed by atoms with E-state index in [1.165, 1.54) is 17.8 Å². The van der Waals surface area contributed by atoms with Crippen LogP contribution in [-0.4, -0.2) is 46.2 Å². The van der Waals surface area contributed by atoms with Crippen molar-refractivity contribution in [3.05, 3.63) is 84.6 Å². The molecule has 0 spiro atoms. The Morgan fingerprint density at radius 3 is 2.75 bits per heavy atom. The molecule has 0 saturated carbocycles. The van der Waals surface area contributed by atoms with E-state index in [-0.39, 0.29) is 23.8 Å². The minimum absolute atomic E-state index is 0.130. The summed E-state index contributed by atoms with van der Waals surface area (Å²) in [7, 11) is 0. The van der Waals surface area contributed by atoms with Gasteiger partial charge in [0.05, 0.1) is 23.3 Å². The zero-order valence-corrected chi connectivity index (χ0v) is 22.8. The molecule has 40 heavy (non-hydrogen) atoms. The van der Waals surface area contributed by atoms with Gasteiger partial charge >= 0.3 is 6.03 Å². The number of nitrogens with zero attached hydrogens (tertiary/aromatic N) is 3. The van der Waals surface area contributed by atoms with Gasteiger partial charge in [-0.2, -0.15) is 0 Å². The summed E-state index contributed by atoms with van der Waals surface area (Å²) in [6.07, 6.45) is 4.43. The van der Waals surface area contributed by atoms with Crippen LogP contribution in [0.15, 0.2) is 78.5 Å². The minimum Gasteiger partial charge on any atom is -0.457 e. The Hall–Kier alpha value is -4.31. The van der Waals surface area contributed by atoms with Crippen molar-refractivity contribution < 1.29 is 19.1 Å². The van der Waals surface area contributed by atoms with Gasteiger partial charge in [-0.15, -0.1) is 0 Å². The van der Waals surface area contributed by atoms with E-state index in [0.29, 0.717) is 25.3 Å². The SMILES string of the molecule is C=CC(=O)N1CCCC(C(=O)NC2Sc3nccc4c3C2NC(=O)N4c2ccc(Oc3ccccc3)cc2C)C1. The third-order valence-electron chi connectivity index (χ3n) is 7.46. The molecule has 4 heterocycles. The van der Waals surface area contributed by atoms with Crippen molar-refractivity contribution in [3.63, 3.8) is 0 Å². The lowest BCUT2D eigenvalue weighted by atomic mass is 9.96. The van der Waals surface area contributed by atoms with Crippen LogP contribution in [0.5, 0.6) is 11.5 Å². The number of piperidine rings is 1. The first-order chi connectivity index (χ1) is 19.4. The fraction of sp³-hybridized carbons (Fsp3) is 0.267. The zero-order valence-electron chi connectivity index (χ0n) is 22.0. The Morgan fingerprint density at radius 1 is 1.15 bits per heavy atom. The van der Waals surface area contributed by atoms with Crippen molar-refractivity contribution in [2.75, 3.05) is 18.0 Å². The summed E-state index contributed by atoms with van der Waals surface area (Å²) < 4.78 is 5.97. The predicted molar refractivity (Wildman–Crippen MR) is 153 cm³/mol. The number of benzene rings is 2. The molecule has 0 radical (unpaired) electrons. The van der Waals surface area contributed by atoms with Crippen LogP contribution < -0.4 is 20.3 Å². The second-order valence-corrected chi connectivity index (χ2v) is 11.2. The highest BCUT2D eigenvalue weighted by Crippen LogP contribution is 2.50. The predicted octanol–water partition coefficient (Wildman–Crippen LogP) is 5.06. The highest BCUT2D eigenvalue weighted by Gasteiger charge is 2.45. The molecule has 4 amide bonds. The van der Waals surface area contributed by atoms with Crippen molar-refractivity contribution in [1.82, 2.24) is 20.5 Å². The van der Waals surface area contributed by atoms with Crippen molar-refractivity contribution in [2.45, 2.75) is 36.2 Å². The molecule has 0 bridgehead atoms. The van der Waals surface area contributed by atoms with Gasteiger partial charge in [-0.05, 0) is 67.8 Å². The number of hydrogen-bond acceptors (Lipinski definition) is 6. The summed E-state index contributed by atoms with van der Waals surface area (Å²) in [5, 5.41) is 6.59. The van der Waals surface area contributed by atoms with Crippen molar-refractivity contribution in [1.29, 1.82) is 0 Å².